The zero-order valence-corrected chi connectivity index (χ0v) is 13.2. The molecule has 2 rings (SSSR count). The van der Waals surface area contributed by atoms with Gasteiger partial charge in [-0.3, -0.25) is 4.79 Å². The summed E-state index contributed by atoms with van der Waals surface area (Å²) >= 11 is 21.0. The minimum absolute atomic E-state index is 0.313. The Hall–Kier alpha value is -0.740. The van der Waals surface area contributed by atoms with E-state index in [1.54, 1.807) is 36.4 Å². The Morgan fingerprint density at radius 1 is 1.00 bits per heavy atom. The van der Waals surface area contributed by atoms with Gasteiger partial charge in [-0.2, -0.15) is 0 Å². The van der Waals surface area contributed by atoms with Gasteiger partial charge in [0.25, 0.3) is 5.91 Å². The van der Waals surface area contributed by atoms with Gasteiger partial charge < -0.3 is 5.32 Å². The van der Waals surface area contributed by atoms with Crippen LogP contribution >= 0.6 is 50.7 Å². The van der Waals surface area contributed by atoms with Crippen molar-refractivity contribution in [2.24, 2.45) is 0 Å². The highest BCUT2D eigenvalue weighted by atomic mass is 79.9. The molecule has 0 saturated carbocycles. The molecule has 0 radical (unpaired) electrons. The maximum absolute atomic E-state index is 12.1. The molecule has 2 nitrogen and oxygen atoms in total. The molecule has 0 bridgehead atoms. The fourth-order valence-corrected chi connectivity index (χ4v) is 2.67. The maximum Gasteiger partial charge on any atom is 0.255 e. The minimum atomic E-state index is -0.313. The molecule has 1 amide bonds. The zero-order valence-electron chi connectivity index (χ0n) is 9.38. The van der Waals surface area contributed by atoms with Gasteiger partial charge in [0.05, 0.1) is 10.7 Å². The van der Waals surface area contributed by atoms with Crippen LogP contribution in [0.1, 0.15) is 10.4 Å². The molecular weight excluding hydrogens is 372 g/mol. The molecule has 0 unspecified atom stereocenters. The summed E-state index contributed by atoms with van der Waals surface area (Å²) in [6.07, 6.45) is 0. The second-order valence-corrected chi connectivity index (χ2v) is 5.93. The van der Waals surface area contributed by atoms with E-state index in [0.29, 0.717) is 26.3 Å². The van der Waals surface area contributed by atoms with Crippen LogP contribution in [0.4, 0.5) is 5.69 Å². The van der Waals surface area contributed by atoms with Crippen LogP contribution in [-0.2, 0) is 0 Å². The van der Waals surface area contributed by atoms with Crippen molar-refractivity contribution < 1.29 is 4.79 Å². The van der Waals surface area contributed by atoms with Gasteiger partial charge in [-0.25, -0.2) is 0 Å². The minimum Gasteiger partial charge on any atom is -0.321 e. The first-order valence-corrected chi connectivity index (χ1v) is 7.11. The summed E-state index contributed by atoms with van der Waals surface area (Å²) in [4.78, 5) is 12.1. The normalized spacial score (nSPS) is 10.3. The molecule has 0 saturated heterocycles. The maximum atomic E-state index is 12.1. The lowest BCUT2D eigenvalue weighted by atomic mass is 10.2. The van der Waals surface area contributed by atoms with Crippen molar-refractivity contribution in [2.45, 2.75) is 0 Å². The van der Waals surface area contributed by atoms with Crippen molar-refractivity contribution in [1.82, 2.24) is 0 Å². The van der Waals surface area contributed by atoms with Gasteiger partial charge in [0.1, 0.15) is 0 Å². The highest BCUT2D eigenvalue weighted by Gasteiger charge is 2.10. The molecule has 2 aromatic carbocycles. The average Bonchev–Trinajstić information content (AvgIpc) is 2.32. The van der Waals surface area contributed by atoms with Crippen LogP contribution in [0, 0.1) is 0 Å². The number of hydrogen-bond donors (Lipinski definition) is 1. The van der Waals surface area contributed by atoms with Gasteiger partial charge in [-0.1, -0.05) is 50.7 Å². The molecule has 2 aromatic rings. The predicted octanol–water partition coefficient (Wildman–Crippen LogP) is 5.66. The van der Waals surface area contributed by atoms with Crippen LogP contribution in [0.25, 0.3) is 0 Å². The van der Waals surface area contributed by atoms with Crippen molar-refractivity contribution in [1.29, 1.82) is 0 Å². The highest BCUT2D eigenvalue weighted by molar-refractivity contribution is 9.10. The third-order valence-electron chi connectivity index (χ3n) is 2.30. The monoisotopic (exact) mass is 377 g/mol. The van der Waals surface area contributed by atoms with E-state index in [4.69, 9.17) is 34.8 Å². The van der Waals surface area contributed by atoms with E-state index in [0.717, 1.165) is 4.47 Å². The molecule has 0 atom stereocenters. The van der Waals surface area contributed by atoms with Crippen molar-refractivity contribution in [3.05, 3.63) is 61.5 Å². The largest absolute Gasteiger partial charge is 0.321 e. The van der Waals surface area contributed by atoms with Gasteiger partial charge >= 0.3 is 0 Å². The van der Waals surface area contributed by atoms with Crippen LogP contribution in [0.15, 0.2) is 40.9 Å². The Labute approximate surface area is 133 Å². The number of halogens is 4. The number of carbonyl (C=O) groups excluding carboxylic acids is 1. The topological polar surface area (TPSA) is 29.1 Å². The third-order valence-corrected chi connectivity index (χ3v) is 3.54. The molecule has 0 aliphatic rings. The van der Waals surface area contributed by atoms with E-state index in [1.807, 2.05) is 0 Å². The van der Waals surface area contributed by atoms with Crippen molar-refractivity contribution in [3.8, 4) is 0 Å². The lowest BCUT2D eigenvalue weighted by molar-refractivity contribution is 0.102. The third kappa shape index (κ3) is 3.86. The van der Waals surface area contributed by atoms with Gasteiger partial charge in [-0.05, 0) is 36.4 Å². The standard InChI is InChI=1S/C13H7BrCl3NO/c14-8-3-7(4-10(16)5-8)13(19)18-12-6-9(15)1-2-11(12)17/h1-6H,(H,18,19). The van der Waals surface area contributed by atoms with E-state index in [-0.39, 0.29) is 5.91 Å². The quantitative estimate of drug-likeness (QED) is 0.716. The first-order valence-electron chi connectivity index (χ1n) is 5.18. The summed E-state index contributed by atoms with van der Waals surface area (Å²) in [5.74, 6) is -0.313. The second kappa shape index (κ2) is 6.14. The summed E-state index contributed by atoms with van der Waals surface area (Å²) in [6, 6.07) is 9.79. The Bertz CT molecular complexity index is 626. The lowest BCUT2D eigenvalue weighted by Crippen LogP contribution is -2.12. The number of benzene rings is 2. The summed E-state index contributed by atoms with van der Waals surface area (Å²) in [6.45, 7) is 0. The van der Waals surface area contributed by atoms with E-state index in [9.17, 15) is 4.79 Å². The average molecular weight is 379 g/mol. The van der Waals surface area contributed by atoms with Crippen molar-refractivity contribution >= 4 is 62.3 Å². The van der Waals surface area contributed by atoms with Crippen LogP contribution in [0.3, 0.4) is 0 Å². The Morgan fingerprint density at radius 3 is 2.42 bits per heavy atom. The van der Waals surface area contributed by atoms with Crippen LogP contribution in [-0.4, -0.2) is 5.91 Å². The fourth-order valence-electron chi connectivity index (χ4n) is 1.47. The number of amides is 1. The molecule has 19 heavy (non-hydrogen) atoms. The lowest BCUT2D eigenvalue weighted by Gasteiger charge is -2.08. The highest BCUT2D eigenvalue weighted by Crippen LogP contribution is 2.26. The van der Waals surface area contributed by atoms with Gasteiger partial charge in [0.2, 0.25) is 0 Å². The molecule has 0 aliphatic heterocycles. The molecule has 98 valence electrons. The first kappa shape index (κ1) is 14.7. The van der Waals surface area contributed by atoms with Crippen LogP contribution in [0.5, 0.6) is 0 Å². The van der Waals surface area contributed by atoms with Crippen LogP contribution in [0.2, 0.25) is 15.1 Å². The number of hydrogen-bond acceptors (Lipinski definition) is 1. The van der Waals surface area contributed by atoms with Crippen molar-refractivity contribution in [3.63, 3.8) is 0 Å². The summed E-state index contributed by atoms with van der Waals surface area (Å²) in [7, 11) is 0. The number of nitrogens with one attached hydrogen (secondary N) is 1. The van der Waals surface area contributed by atoms with E-state index >= 15 is 0 Å². The molecule has 0 fully saturated rings. The van der Waals surface area contributed by atoms with Crippen LogP contribution < -0.4 is 5.32 Å². The van der Waals surface area contributed by atoms with Gasteiger partial charge in [0, 0.05) is 20.1 Å². The van der Waals surface area contributed by atoms with E-state index in [1.165, 1.54) is 0 Å². The molecule has 0 heterocycles. The van der Waals surface area contributed by atoms with Crippen molar-refractivity contribution in [2.75, 3.05) is 5.32 Å². The molecular formula is C13H7BrCl3NO. The SMILES string of the molecule is O=C(Nc1cc(Cl)ccc1Cl)c1cc(Cl)cc(Br)c1. The van der Waals surface area contributed by atoms with Gasteiger partial charge in [0.15, 0.2) is 0 Å². The molecule has 0 spiro atoms. The van der Waals surface area contributed by atoms with E-state index in [2.05, 4.69) is 21.2 Å². The smallest absolute Gasteiger partial charge is 0.255 e. The zero-order chi connectivity index (χ0) is 14.0. The number of rotatable bonds is 2. The van der Waals surface area contributed by atoms with E-state index < -0.39 is 0 Å². The number of anilines is 1. The second-order valence-electron chi connectivity index (χ2n) is 3.74. The van der Waals surface area contributed by atoms with Gasteiger partial charge in [-0.15, -0.1) is 0 Å². The summed E-state index contributed by atoms with van der Waals surface area (Å²) in [5, 5.41) is 4.06. The Kier molecular flexibility index (Phi) is 4.74. The predicted molar refractivity (Wildman–Crippen MR) is 83.6 cm³/mol. The molecule has 0 aromatic heterocycles. The Balaban J connectivity index is 2.28. The molecule has 6 heteroatoms. The fraction of sp³-hybridized carbons (Fsp3) is 0. The molecule has 0 aliphatic carbocycles. The summed E-state index contributed by atoms with van der Waals surface area (Å²) < 4.78 is 0.724. The first-order chi connectivity index (χ1) is 8.95. The summed E-state index contributed by atoms with van der Waals surface area (Å²) in [5.41, 5.74) is 0.880. The molecule has 1 N–H and O–H groups in total. The number of carbonyl (C=O) groups is 1. The Morgan fingerprint density at radius 2 is 1.74 bits per heavy atom.